The highest BCUT2D eigenvalue weighted by molar-refractivity contribution is 5.79. The number of carbonyl (C=O) groups is 1. The lowest BCUT2D eigenvalue weighted by molar-refractivity contribution is -0.121. The van der Waals surface area contributed by atoms with Crippen molar-refractivity contribution in [2.75, 3.05) is 0 Å². The van der Waals surface area contributed by atoms with Gasteiger partial charge in [0.15, 0.2) is 5.65 Å². The highest BCUT2D eigenvalue weighted by atomic mass is 16.2. The van der Waals surface area contributed by atoms with Gasteiger partial charge in [0.1, 0.15) is 11.6 Å². The zero-order chi connectivity index (χ0) is 22.0. The molecule has 31 heavy (non-hydrogen) atoms. The molecule has 0 radical (unpaired) electrons. The topological polar surface area (TPSA) is 103 Å². The first-order chi connectivity index (χ1) is 15.0. The molecule has 4 aromatic rings. The van der Waals surface area contributed by atoms with E-state index in [1.165, 1.54) is 10.7 Å². The minimum Gasteiger partial charge on any atom is -0.349 e. The third-order valence-corrected chi connectivity index (χ3v) is 5.32. The van der Waals surface area contributed by atoms with Gasteiger partial charge in [-0.15, -0.1) is 0 Å². The summed E-state index contributed by atoms with van der Waals surface area (Å²) in [5.41, 5.74) is 4.12. The molecule has 0 fully saturated rings. The smallest absolute Gasteiger partial charge is 0.276 e. The van der Waals surface area contributed by atoms with E-state index < -0.39 is 0 Å². The number of hydrogen-bond acceptors (Lipinski definition) is 4. The zero-order valence-corrected chi connectivity index (χ0v) is 17.2. The minimum absolute atomic E-state index is 0.0893. The summed E-state index contributed by atoms with van der Waals surface area (Å²) in [6.07, 6.45) is 1.34. The first kappa shape index (κ1) is 20.1. The van der Waals surface area contributed by atoms with Crippen molar-refractivity contribution in [1.82, 2.24) is 19.9 Å². The SMILES string of the molecule is Cc1nc2c(C#N)c[nH]n2c(=O)c1CC(=O)NC(C)c1ccc(-c2ccccc2)cc1. The second-order valence-electron chi connectivity index (χ2n) is 7.39. The summed E-state index contributed by atoms with van der Waals surface area (Å²) in [5.74, 6) is -0.270. The van der Waals surface area contributed by atoms with Crippen LogP contribution in [0.4, 0.5) is 0 Å². The molecule has 2 N–H and O–H groups in total. The Balaban J connectivity index is 1.49. The predicted octanol–water partition coefficient (Wildman–Crippen LogP) is 3.29. The Bertz CT molecular complexity index is 1350. The number of fused-ring (bicyclic) bond motifs is 1. The van der Waals surface area contributed by atoms with Crippen molar-refractivity contribution in [2.24, 2.45) is 0 Å². The van der Waals surface area contributed by atoms with Crippen LogP contribution in [0.1, 0.15) is 35.3 Å². The molecule has 0 aliphatic rings. The van der Waals surface area contributed by atoms with Gasteiger partial charge in [-0.05, 0) is 30.5 Å². The molecular formula is C24H21N5O2. The molecule has 0 bridgehead atoms. The number of carbonyl (C=O) groups excluding carboxylic acids is 1. The van der Waals surface area contributed by atoms with E-state index in [2.05, 4.69) is 27.5 Å². The van der Waals surface area contributed by atoms with E-state index in [-0.39, 0.29) is 35.1 Å². The first-order valence-corrected chi connectivity index (χ1v) is 9.92. The van der Waals surface area contributed by atoms with Crippen molar-refractivity contribution in [2.45, 2.75) is 26.3 Å². The monoisotopic (exact) mass is 411 g/mol. The zero-order valence-electron chi connectivity index (χ0n) is 17.2. The van der Waals surface area contributed by atoms with Gasteiger partial charge in [0.25, 0.3) is 5.56 Å². The Morgan fingerprint density at radius 1 is 1.16 bits per heavy atom. The number of nitrogens with one attached hydrogen (secondary N) is 2. The number of aromatic amines is 1. The van der Waals surface area contributed by atoms with Crippen LogP contribution in [0.2, 0.25) is 0 Å². The van der Waals surface area contributed by atoms with E-state index in [9.17, 15) is 9.59 Å². The van der Waals surface area contributed by atoms with E-state index >= 15 is 0 Å². The van der Waals surface area contributed by atoms with Crippen LogP contribution in [0, 0.1) is 18.3 Å². The van der Waals surface area contributed by atoms with Crippen molar-refractivity contribution in [3.63, 3.8) is 0 Å². The van der Waals surface area contributed by atoms with Gasteiger partial charge in [0, 0.05) is 17.5 Å². The average Bonchev–Trinajstić information content (AvgIpc) is 3.20. The van der Waals surface area contributed by atoms with Crippen molar-refractivity contribution in [3.05, 3.63) is 93.5 Å². The lowest BCUT2D eigenvalue weighted by Crippen LogP contribution is -2.32. The van der Waals surface area contributed by atoms with Gasteiger partial charge in [0.2, 0.25) is 5.91 Å². The maximum absolute atomic E-state index is 12.7. The Labute approximate surface area is 179 Å². The van der Waals surface area contributed by atoms with Crippen LogP contribution in [0.5, 0.6) is 0 Å². The number of nitrogens with zero attached hydrogens (tertiary/aromatic N) is 3. The largest absolute Gasteiger partial charge is 0.349 e. The lowest BCUT2D eigenvalue weighted by Gasteiger charge is -2.15. The van der Waals surface area contributed by atoms with Gasteiger partial charge in [0.05, 0.1) is 12.5 Å². The molecule has 0 saturated heterocycles. The van der Waals surface area contributed by atoms with Gasteiger partial charge in [-0.1, -0.05) is 54.6 Å². The van der Waals surface area contributed by atoms with Crippen LogP contribution in [0.3, 0.4) is 0 Å². The fourth-order valence-corrected chi connectivity index (χ4v) is 3.57. The second-order valence-corrected chi connectivity index (χ2v) is 7.39. The van der Waals surface area contributed by atoms with Gasteiger partial charge in [-0.2, -0.15) is 5.26 Å². The third kappa shape index (κ3) is 3.96. The summed E-state index contributed by atoms with van der Waals surface area (Å²) >= 11 is 0. The molecule has 0 spiro atoms. The van der Waals surface area contributed by atoms with Crippen molar-refractivity contribution in [1.29, 1.82) is 5.26 Å². The number of nitriles is 1. The van der Waals surface area contributed by atoms with Gasteiger partial charge in [-0.3, -0.25) is 14.7 Å². The third-order valence-electron chi connectivity index (χ3n) is 5.32. The van der Waals surface area contributed by atoms with Crippen LogP contribution in [0.15, 0.2) is 65.6 Å². The molecule has 0 saturated carbocycles. The number of hydrogen-bond donors (Lipinski definition) is 2. The molecule has 7 heteroatoms. The summed E-state index contributed by atoms with van der Waals surface area (Å²) in [6, 6.07) is 19.9. The molecule has 4 rings (SSSR count). The molecule has 7 nitrogen and oxygen atoms in total. The standard InChI is InChI=1S/C24H21N5O2/c1-15(17-8-10-19(11-9-17)18-6-4-3-5-7-18)27-22(30)12-21-16(2)28-23-20(13-25)14-26-29(23)24(21)31/h3-11,14-15,26H,12H2,1-2H3,(H,27,30). The van der Waals surface area contributed by atoms with E-state index in [0.717, 1.165) is 16.7 Å². The van der Waals surface area contributed by atoms with E-state index in [4.69, 9.17) is 5.26 Å². The number of H-pyrrole nitrogens is 1. The molecule has 2 aromatic carbocycles. The summed E-state index contributed by atoms with van der Waals surface area (Å²) < 4.78 is 1.19. The van der Waals surface area contributed by atoms with Crippen molar-refractivity contribution in [3.8, 4) is 17.2 Å². The van der Waals surface area contributed by atoms with Crippen molar-refractivity contribution >= 4 is 11.6 Å². The van der Waals surface area contributed by atoms with Crippen LogP contribution >= 0.6 is 0 Å². The highest BCUT2D eigenvalue weighted by Gasteiger charge is 2.18. The number of aryl methyl sites for hydroxylation is 1. The van der Waals surface area contributed by atoms with Crippen molar-refractivity contribution < 1.29 is 4.79 Å². The normalized spacial score (nSPS) is 11.8. The Morgan fingerprint density at radius 2 is 1.84 bits per heavy atom. The second kappa shape index (κ2) is 8.28. The Kier molecular flexibility index (Phi) is 5.37. The molecule has 0 aliphatic carbocycles. The van der Waals surface area contributed by atoms with Gasteiger partial charge >= 0.3 is 0 Å². The number of benzene rings is 2. The molecule has 0 aliphatic heterocycles. The number of aromatic nitrogens is 3. The average molecular weight is 411 g/mol. The summed E-state index contributed by atoms with van der Waals surface area (Å²) in [5, 5.41) is 14.8. The number of rotatable bonds is 5. The molecule has 2 aromatic heterocycles. The predicted molar refractivity (Wildman–Crippen MR) is 117 cm³/mol. The van der Waals surface area contributed by atoms with Crippen LogP contribution < -0.4 is 10.9 Å². The molecule has 154 valence electrons. The molecule has 1 unspecified atom stereocenters. The molecular weight excluding hydrogens is 390 g/mol. The van der Waals surface area contributed by atoms with Crippen LogP contribution in [-0.2, 0) is 11.2 Å². The minimum atomic E-state index is -0.376. The van der Waals surface area contributed by atoms with Gasteiger partial charge < -0.3 is 5.32 Å². The fourth-order valence-electron chi connectivity index (χ4n) is 3.57. The maximum Gasteiger partial charge on any atom is 0.276 e. The Hall–Kier alpha value is -4.18. The van der Waals surface area contributed by atoms with E-state index in [1.54, 1.807) is 6.92 Å². The van der Waals surface area contributed by atoms with E-state index in [0.29, 0.717) is 11.3 Å². The molecule has 2 heterocycles. The first-order valence-electron chi connectivity index (χ1n) is 9.92. The van der Waals surface area contributed by atoms with Crippen LogP contribution in [0.25, 0.3) is 16.8 Å². The number of amides is 1. The summed E-state index contributed by atoms with van der Waals surface area (Å²) in [6.45, 7) is 3.57. The quantitative estimate of drug-likeness (QED) is 0.526. The lowest BCUT2D eigenvalue weighted by atomic mass is 10.0. The summed E-state index contributed by atoms with van der Waals surface area (Å²) in [7, 11) is 0. The maximum atomic E-state index is 12.7. The van der Waals surface area contributed by atoms with E-state index in [1.807, 2.05) is 55.5 Å². The highest BCUT2D eigenvalue weighted by Crippen LogP contribution is 2.22. The Morgan fingerprint density at radius 3 is 2.52 bits per heavy atom. The molecule has 1 atom stereocenters. The fraction of sp³-hybridized carbons (Fsp3) is 0.167. The van der Waals surface area contributed by atoms with Gasteiger partial charge in [-0.25, -0.2) is 9.50 Å². The van der Waals surface area contributed by atoms with Crippen LogP contribution in [-0.4, -0.2) is 20.5 Å². The molecule has 1 amide bonds. The summed E-state index contributed by atoms with van der Waals surface area (Å²) in [4.78, 5) is 29.7.